The lowest BCUT2D eigenvalue weighted by Gasteiger charge is -2.13. The Labute approximate surface area is 207 Å². The van der Waals surface area contributed by atoms with Crippen LogP contribution in [0.15, 0.2) is 76.3 Å². The molecule has 7 nitrogen and oxygen atoms in total. The first kappa shape index (κ1) is 25.8. The fourth-order valence-corrected chi connectivity index (χ4v) is 3.44. The van der Waals surface area contributed by atoms with Gasteiger partial charge in [-0.3, -0.25) is 9.59 Å². The molecule has 0 atom stereocenters. The molecular formula is C24H19BrF3N3O4. The van der Waals surface area contributed by atoms with Crippen molar-refractivity contribution >= 4 is 39.6 Å². The van der Waals surface area contributed by atoms with Crippen LogP contribution in [-0.2, 0) is 22.4 Å². The lowest BCUT2D eigenvalue weighted by molar-refractivity contribution is -0.137. The summed E-state index contributed by atoms with van der Waals surface area (Å²) in [5.74, 6) is -1.46. The van der Waals surface area contributed by atoms with E-state index in [4.69, 9.17) is 9.47 Å². The van der Waals surface area contributed by atoms with Crippen molar-refractivity contribution in [3.05, 3.63) is 87.9 Å². The molecule has 0 saturated heterocycles. The van der Waals surface area contributed by atoms with Gasteiger partial charge in [0.15, 0.2) is 11.5 Å². The van der Waals surface area contributed by atoms with Crippen LogP contribution < -0.4 is 20.2 Å². The number of ether oxygens (including phenoxy) is 2. The Morgan fingerprint density at radius 3 is 2.46 bits per heavy atom. The predicted molar refractivity (Wildman–Crippen MR) is 127 cm³/mol. The van der Waals surface area contributed by atoms with Gasteiger partial charge in [0.2, 0.25) is 0 Å². The number of nitrogens with zero attached hydrogens (tertiary/aromatic N) is 1. The number of halogens is 4. The number of rotatable bonds is 7. The van der Waals surface area contributed by atoms with Gasteiger partial charge in [0, 0.05) is 5.69 Å². The minimum atomic E-state index is -4.58. The van der Waals surface area contributed by atoms with Gasteiger partial charge in [-0.15, -0.1) is 0 Å². The monoisotopic (exact) mass is 549 g/mol. The number of amides is 2. The van der Waals surface area contributed by atoms with Crippen molar-refractivity contribution in [1.82, 2.24) is 5.43 Å². The Bertz CT molecular complexity index is 1230. The molecule has 11 heteroatoms. The van der Waals surface area contributed by atoms with Gasteiger partial charge in [-0.25, -0.2) is 5.43 Å². The molecule has 0 heterocycles. The lowest BCUT2D eigenvalue weighted by Crippen LogP contribution is -2.32. The van der Waals surface area contributed by atoms with E-state index in [0.717, 1.165) is 23.8 Å². The van der Waals surface area contributed by atoms with Crippen molar-refractivity contribution in [3.63, 3.8) is 0 Å². The largest absolute Gasteiger partial charge is 0.493 e. The fraction of sp³-hybridized carbons (Fsp3) is 0.125. The van der Waals surface area contributed by atoms with Gasteiger partial charge in [0.05, 0.1) is 23.4 Å². The minimum Gasteiger partial charge on any atom is -0.493 e. The summed E-state index contributed by atoms with van der Waals surface area (Å²) in [5, 5.41) is 5.81. The highest BCUT2D eigenvalue weighted by atomic mass is 79.9. The molecule has 2 N–H and O–H groups in total. The minimum absolute atomic E-state index is 0.177. The van der Waals surface area contributed by atoms with Gasteiger partial charge in [-0.05, 0) is 57.4 Å². The second-order valence-corrected chi connectivity index (χ2v) is 7.89. The molecule has 0 saturated carbocycles. The van der Waals surface area contributed by atoms with Gasteiger partial charge < -0.3 is 14.8 Å². The molecule has 0 aliphatic rings. The quantitative estimate of drug-likeness (QED) is 0.242. The van der Waals surface area contributed by atoms with Crippen LogP contribution in [0.25, 0.3) is 0 Å². The number of carbonyl (C=O) groups is 2. The number of nitrogens with one attached hydrogen (secondary N) is 2. The summed E-state index contributed by atoms with van der Waals surface area (Å²) in [4.78, 5) is 24.0. The Morgan fingerprint density at radius 1 is 1.03 bits per heavy atom. The van der Waals surface area contributed by atoms with E-state index in [1.54, 1.807) is 12.1 Å². The molecule has 0 fully saturated rings. The summed E-state index contributed by atoms with van der Waals surface area (Å²) in [6.07, 6.45) is -3.31. The maximum atomic E-state index is 12.8. The number of anilines is 1. The van der Waals surface area contributed by atoms with Crippen LogP contribution in [0.5, 0.6) is 11.5 Å². The maximum Gasteiger partial charge on any atom is 0.416 e. The van der Waals surface area contributed by atoms with Crippen LogP contribution in [0, 0.1) is 0 Å². The maximum absolute atomic E-state index is 12.8. The van der Waals surface area contributed by atoms with Crippen LogP contribution in [0.3, 0.4) is 0 Å². The van der Waals surface area contributed by atoms with E-state index in [9.17, 15) is 22.8 Å². The number of alkyl halides is 3. The van der Waals surface area contributed by atoms with Gasteiger partial charge in [-0.1, -0.05) is 36.4 Å². The molecule has 0 aliphatic heterocycles. The molecule has 0 aliphatic carbocycles. The van der Waals surface area contributed by atoms with Gasteiger partial charge in [0.1, 0.15) is 6.61 Å². The van der Waals surface area contributed by atoms with Crippen molar-refractivity contribution in [2.24, 2.45) is 5.10 Å². The summed E-state index contributed by atoms with van der Waals surface area (Å²) >= 11 is 3.42. The molecule has 3 rings (SSSR count). The third-order valence-electron chi connectivity index (χ3n) is 4.51. The summed E-state index contributed by atoms with van der Waals surface area (Å²) in [7, 11) is 1.47. The van der Waals surface area contributed by atoms with E-state index in [1.165, 1.54) is 19.4 Å². The Balaban J connectivity index is 1.61. The number of benzene rings is 3. The third-order valence-corrected chi connectivity index (χ3v) is 5.10. The summed E-state index contributed by atoms with van der Waals surface area (Å²) < 4.78 is 50.2. The van der Waals surface area contributed by atoms with Gasteiger partial charge in [-0.2, -0.15) is 18.3 Å². The standard InChI is InChI=1S/C24H19BrF3N3O4/c1-34-20-11-16(10-19(25)21(20)35-14-15-6-3-2-4-7-15)13-29-31-23(33)22(32)30-18-9-5-8-17(12-18)24(26,27)28/h2-13H,14H2,1H3,(H,30,32)(H,31,33). The summed E-state index contributed by atoms with van der Waals surface area (Å²) in [6, 6.07) is 16.8. The second kappa shape index (κ2) is 11.5. The van der Waals surface area contributed by atoms with E-state index in [2.05, 4.69) is 26.3 Å². The molecule has 0 radical (unpaired) electrons. The number of hydrazone groups is 1. The number of hydrogen-bond donors (Lipinski definition) is 2. The molecule has 0 bridgehead atoms. The highest BCUT2D eigenvalue weighted by molar-refractivity contribution is 9.10. The van der Waals surface area contributed by atoms with Gasteiger partial charge in [0.25, 0.3) is 0 Å². The molecule has 0 spiro atoms. The van der Waals surface area contributed by atoms with Crippen molar-refractivity contribution in [3.8, 4) is 11.5 Å². The highest BCUT2D eigenvalue weighted by Gasteiger charge is 2.30. The first-order valence-corrected chi connectivity index (χ1v) is 10.8. The van der Waals surface area contributed by atoms with Crippen molar-refractivity contribution < 1.29 is 32.2 Å². The average molecular weight is 550 g/mol. The van der Waals surface area contributed by atoms with Crippen molar-refractivity contribution in [2.75, 3.05) is 12.4 Å². The predicted octanol–water partition coefficient (Wildman–Crippen LogP) is 5.14. The zero-order valence-electron chi connectivity index (χ0n) is 18.2. The van der Waals surface area contributed by atoms with Crippen molar-refractivity contribution in [1.29, 1.82) is 0 Å². The second-order valence-electron chi connectivity index (χ2n) is 7.04. The van der Waals surface area contributed by atoms with E-state index < -0.39 is 23.6 Å². The molecule has 2 amide bonds. The smallest absolute Gasteiger partial charge is 0.416 e. The van der Waals surface area contributed by atoms with Crippen molar-refractivity contribution in [2.45, 2.75) is 12.8 Å². The average Bonchev–Trinajstić information content (AvgIpc) is 2.83. The van der Waals surface area contributed by atoms with Crippen LogP contribution in [0.1, 0.15) is 16.7 Å². The first-order chi connectivity index (χ1) is 16.7. The molecular weight excluding hydrogens is 531 g/mol. The van der Waals surface area contributed by atoms with Crippen LogP contribution in [0.4, 0.5) is 18.9 Å². The summed E-state index contributed by atoms with van der Waals surface area (Å²) in [5.41, 5.74) is 2.38. The van der Waals surface area contributed by atoms with E-state index >= 15 is 0 Å². The number of methoxy groups -OCH3 is 1. The van der Waals surface area contributed by atoms with Crippen LogP contribution >= 0.6 is 15.9 Å². The zero-order valence-corrected chi connectivity index (χ0v) is 19.8. The first-order valence-electron chi connectivity index (χ1n) is 10.0. The highest BCUT2D eigenvalue weighted by Crippen LogP contribution is 2.37. The van der Waals surface area contributed by atoms with Crippen LogP contribution in [-0.4, -0.2) is 25.1 Å². The lowest BCUT2D eigenvalue weighted by atomic mass is 10.2. The number of carbonyl (C=O) groups excluding carboxylic acids is 2. The fourth-order valence-electron chi connectivity index (χ4n) is 2.86. The SMILES string of the molecule is COc1cc(C=NNC(=O)C(=O)Nc2cccc(C(F)(F)F)c2)cc(Br)c1OCc1ccccc1. The molecule has 3 aromatic rings. The molecule has 3 aromatic carbocycles. The van der Waals surface area contributed by atoms with E-state index in [0.29, 0.717) is 28.1 Å². The molecule has 0 unspecified atom stereocenters. The van der Waals surface area contributed by atoms with E-state index in [1.807, 2.05) is 35.8 Å². The molecule has 35 heavy (non-hydrogen) atoms. The van der Waals surface area contributed by atoms with Crippen LogP contribution in [0.2, 0.25) is 0 Å². The number of hydrogen-bond acceptors (Lipinski definition) is 5. The van der Waals surface area contributed by atoms with Gasteiger partial charge >= 0.3 is 18.0 Å². The Kier molecular flexibility index (Phi) is 8.48. The topological polar surface area (TPSA) is 89.0 Å². The Morgan fingerprint density at radius 2 is 1.77 bits per heavy atom. The molecule has 182 valence electrons. The zero-order chi connectivity index (χ0) is 25.4. The van der Waals surface area contributed by atoms with E-state index in [-0.39, 0.29) is 5.69 Å². The normalized spacial score (nSPS) is 11.2. The Hall–Kier alpha value is -3.86. The third kappa shape index (κ3) is 7.31. The summed E-state index contributed by atoms with van der Waals surface area (Å²) in [6.45, 7) is 0.320. The molecule has 0 aromatic heterocycles.